The highest BCUT2D eigenvalue weighted by molar-refractivity contribution is 8.02. The third-order valence-electron chi connectivity index (χ3n) is 5.51. The van der Waals surface area contributed by atoms with E-state index in [4.69, 9.17) is 9.47 Å². The number of nitrogens with zero attached hydrogens (tertiary/aromatic N) is 1. The van der Waals surface area contributed by atoms with Crippen LogP contribution in [-0.2, 0) is 19.1 Å². The van der Waals surface area contributed by atoms with Crippen LogP contribution in [0.25, 0.3) is 0 Å². The molecule has 0 amide bonds. The lowest BCUT2D eigenvalue weighted by Crippen LogP contribution is -2.48. The van der Waals surface area contributed by atoms with Crippen molar-refractivity contribution >= 4 is 29.4 Å². The SMILES string of the molecule is COC(=O)C(CC(c1ccccc1)N(C)c1ccc(F)c(F)c1)(Sc1ccccc1)C(=O)OC. The molecule has 3 aromatic rings. The van der Waals surface area contributed by atoms with Crippen LogP contribution in [0.3, 0.4) is 0 Å². The molecule has 8 heteroatoms. The van der Waals surface area contributed by atoms with E-state index in [9.17, 15) is 18.4 Å². The van der Waals surface area contributed by atoms with Crippen molar-refractivity contribution in [3.8, 4) is 0 Å². The van der Waals surface area contributed by atoms with Crippen molar-refractivity contribution in [2.75, 3.05) is 26.2 Å². The molecule has 3 aromatic carbocycles. The Hall–Kier alpha value is -3.39. The minimum atomic E-state index is -1.77. The molecule has 178 valence electrons. The number of ether oxygens (including phenoxy) is 2. The number of thioether (sulfide) groups is 1. The molecule has 0 spiro atoms. The summed E-state index contributed by atoms with van der Waals surface area (Å²) in [5.74, 6) is -3.51. The zero-order chi connectivity index (χ0) is 24.7. The minimum absolute atomic E-state index is 0.0641. The molecule has 0 fully saturated rings. The van der Waals surface area contributed by atoms with Crippen LogP contribution in [0.1, 0.15) is 18.0 Å². The quantitative estimate of drug-likeness (QED) is 0.230. The van der Waals surface area contributed by atoms with Crippen LogP contribution in [0, 0.1) is 11.6 Å². The Morgan fingerprint density at radius 2 is 1.44 bits per heavy atom. The standard InChI is InChI=1S/C26H25F2NO4S/c1-29(19-14-15-21(27)22(28)16-19)23(18-10-6-4-7-11-18)17-26(24(30)32-2,25(31)33-3)34-20-12-8-5-9-13-20/h4-16,23H,17H2,1-3H3. The van der Waals surface area contributed by atoms with Gasteiger partial charge in [0.25, 0.3) is 0 Å². The van der Waals surface area contributed by atoms with Gasteiger partial charge in [-0.15, -0.1) is 0 Å². The Bertz CT molecular complexity index is 1110. The summed E-state index contributed by atoms with van der Waals surface area (Å²) in [6.07, 6.45) is -0.0641. The second kappa shape index (κ2) is 11.2. The zero-order valence-corrected chi connectivity index (χ0v) is 19.9. The van der Waals surface area contributed by atoms with Gasteiger partial charge in [-0.2, -0.15) is 0 Å². The van der Waals surface area contributed by atoms with Crippen molar-refractivity contribution in [3.63, 3.8) is 0 Å². The molecule has 0 N–H and O–H groups in total. The normalized spacial score (nSPS) is 12.0. The van der Waals surface area contributed by atoms with Crippen molar-refractivity contribution in [2.24, 2.45) is 0 Å². The van der Waals surface area contributed by atoms with E-state index in [1.165, 1.54) is 20.3 Å². The Balaban J connectivity index is 2.14. The lowest BCUT2D eigenvalue weighted by Gasteiger charge is -2.37. The summed E-state index contributed by atoms with van der Waals surface area (Å²) in [4.78, 5) is 28.7. The number of rotatable bonds is 9. The molecular weight excluding hydrogens is 460 g/mol. The Labute approximate surface area is 201 Å². The first-order valence-electron chi connectivity index (χ1n) is 10.5. The molecule has 0 saturated carbocycles. The highest BCUT2D eigenvalue weighted by Crippen LogP contribution is 2.44. The van der Waals surface area contributed by atoms with Gasteiger partial charge in [-0.1, -0.05) is 60.3 Å². The van der Waals surface area contributed by atoms with Crippen LogP contribution < -0.4 is 4.90 Å². The van der Waals surface area contributed by atoms with E-state index in [2.05, 4.69) is 0 Å². The predicted molar refractivity (Wildman–Crippen MR) is 128 cm³/mol. The molecule has 3 rings (SSSR count). The van der Waals surface area contributed by atoms with E-state index in [1.54, 1.807) is 36.2 Å². The van der Waals surface area contributed by atoms with Crippen LogP contribution in [0.15, 0.2) is 83.8 Å². The lowest BCUT2D eigenvalue weighted by atomic mass is 9.92. The fourth-order valence-corrected chi connectivity index (χ4v) is 4.97. The molecule has 0 aliphatic rings. The number of methoxy groups -OCH3 is 2. The molecular formula is C26H25F2NO4S. The zero-order valence-electron chi connectivity index (χ0n) is 19.0. The van der Waals surface area contributed by atoms with Crippen LogP contribution in [0.4, 0.5) is 14.5 Å². The summed E-state index contributed by atoms with van der Waals surface area (Å²) in [7, 11) is 4.11. The summed E-state index contributed by atoms with van der Waals surface area (Å²) >= 11 is 1.03. The summed E-state index contributed by atoms with van der Waals surface area (Å²) in [6, 6.07) is 21.1. The first-order chi connectivity index (χ1) is 16.3. The van der Waals surface area contributed by atoms with Gasteiger partial charge in [-0.05, 0) is 29.8 Å². The Morgan fingerprint density at radius 1 is 0.882 bits per heavy atom. The van der Waals surface area contributed by atoms with Crippen molar-refractivity contribution in [1.29, 1.82) is 0 Å². The molecule has 0 bridgehead atoms. The van der Waals surface area contributed by atoms with Gasteiger partial charge in [0.05, 0.1) is 20.3 Å². The maximum atomic E-state index is 14.0. The summed E-state index contributed by atoms with van der Waals surface area (Å²) < 4.78 is 36.0. The second-order valence-electron chi connectivity index (χ2n) is 7.57. The molecule has 34 heavy (non-hydrogen) atoms. The van der Waals surface area contributed by atoms with E-state index in [1.807, 2.05) is 36.4 Å². The van der Waals surface area contributed by atoms with E-state index in [-0.39, 0.29) is 6.42 Å². The maximum absolute atomic E-state index is 14.0. The fourth-order valence-electron chi connectivity index (χ4n) is 3.70. The minimum Gasteiger partial charge on any atom is -0.468 e. The first kappa shape index (κ1) is 25.2. The topological polar surface area (TPSA) is 55.8 Å². The van der Waals surface area contributed by atoms with Gasteiger partial charge in [0, 0.05) is 30.1 Å². The number of carbonyl (C=O) groups is 2. The molecule has 0 radical (unpaired) electrons. The van der Waals surface area contributed by atoms with E-state index < -0.39 is 34.4 Å². The van der Waals surface area contributed by atoms with Gasteiger partial charge in [0.1, 0.15) is 0 Å². The van der Waals surface area contributed by atoms with Gasteiger partial charge in [-0.25, -0.2) is 18.4 Å². The second-order valence-corrected chi connectivity index (χ2v) is 8.94. The molecule has 1 atom stereocenters. The van der Waals surface area contributed by atoms with E-state index >= 15 is 0 Å². The largest absolute Gasteiger partial charge is 0.468 e. The molecule has 5 nitrogen and oxygen atoms in total. The number of hydrogen-bond acceptors (Lipinski definition) is 6. The molecule has 0 aromatic heterocycles. The summed E-state index contributed by atoms with van der Waals surface area (Å²) in [6.45, 7) is 0. The third-order valence-corrected chi connectivity index (χ3v) is 6.86. The summed E-state index contributed by atoms with van der Waals surface area (Å²) in [5, 5.41) is 0. The smallest absolute Gasteiger partial charge is 0.334 e. The average Bonchev–Trinajstić information content (AvgIpc) is 2.87. The van der Waals surface area contributed by atoms with Gasteiger partial charge in [0.2, 0.25) is 4.75 Å². The Kier molecular flexibility index (Phi) is 8.28. The van der Waals surface area contributed by atoms with E-state index in [0.717, 1.165) is 29.5 Å². The monoisotopic (exact) mass is 485 g/mol. The number of anilines is 1. The number of halogens is 2. The fraction of sp³-hybridized carbons (Fsp3) is 0.231. The van der Waals surface area contributed by atoms with Crippen molar-refractivity contribution in [1.82, 2.24) is 0 Å². The van der Waals surface area contributed by atoms with Gasteiger partial charge in [0.15, 0.2) is 11.6 Å². The van der Waals surface area contributed by atoms with Crippen LogP contribution in [0.5, 0.6) is 0 Å². The van der Waals surface area contributed by atoms with Gasteiger partial charge < -0.3 is 14.4 Å². The van der Waals surface area contributed by atoms with Crippen LogP contribution >= 0.6 is 11.8 Å². The highest BCUT2D eigenvalue weighted by atomic mass is 32.2. The number of esters is 2. The van der Waals surface area contributed by atoms with Crippen LogP contribution in [0.2, 0.25) is 0 Å². The molecule has 0 saturated heterocycles. The third kappa shape index (κ3) is 5.39. The number of hydrogen-bond donors (Lipinski definition) is 0. The predicted octanol–water partition coefficient (Wildman–Crippen LogP) is 5.41. The van der Waals surface area contributed by atoms with Crippen molar-refractivity contribution < 1.29 is 27.8 Å². The van der Waals surface area contributed by atoms with Gasteiger partial charge in [-0.3, -0.25) is 0 Å². The first-order valence-corrected chi connectivity index (χ1v) is 11.3. The highest BCUT2D eigenvalue weighted by Gasteiger charge is 2.52. The molecule has 1 unspecified atom stereocenters. The van der Waals surface area contributed by atoms with Gasteiger partial charge >= 0.3 is 11.9 Å². The Morgan fingerprint density at radius 3 is 1.97 bits per heavy atom. The lowest BCUT2D eigenvalue weighted by molar-refractivity contribution is -0.156. The summed E-state index contributed by atoms with van der Waals surface area (Å²) in [5.41, 5.74) is 1.14. The maximum Gasteiger partial charge on any atom is 0.334 e. The molecule has 0 aliphatic carbocycles. The van der Waals surface area contributed by atoms with Crippen molar-refractivity contribution in [2.45, 2.75) is 22.1 Å². The molecule has 0 heterocycles. The molecule has 0 aliphatic heterocycles. The van der Waals surface area contributed by atoms with E-state index in [0.29, 0.717) is 10.6 Å². The number of benzene rings is 3. The van der Waals surface area contributed by atoms with Crippen LogP contribution in [-0.4, -0.2) is 38.0 Å². The average molecular weight is 486 g/mol. The number of carbonyl (C=O) groups excluding carboxylic acids is 2. The van der Waals surface area contributed by atoms with Crippen molar-refractivity contribution in [3.05, 3.63) is 96.1 Å².